The highest BCUT2D eigenvalue weighted by atomic mass is 31.1. The molecule has 1 unspecified atom stereocenters. The van der Waals surface area contributed by atoms with Crippen LogP contribution in [0.1, 0.15) is 16.6 Å². The van der Waals surface area contributed by atoms with Crippen LogP contribution in [-0.2, 0) is 18.6 Å². The van der Waals surface area contributed by atoms with Gasteiger partial charge in [0.15, 0.2) is 23.2 Å². The summed E-state index contributed by atoms with van der Waals surface area (Å²) in [5.74, 6) is -0.137. The first kappa shape index (κ1) is 20.2. The standard InChI is InChI=1S/C18H18N5O7P/c24-6-18-7-28-12(13(18)30-31(26)27)17(29-18)23-9-21-11-14(19-8-20-15(11)23)22-16(25)10-4-2-1-3-5-10/h1-5,8-9,12-13,17,24,31H,6-7H2,(H,26,27)(H,19,20,22,25)/t12-,13+,17-,18+/m1/s1. The first-order valence-corrected chi connectivity index (χ1v) is 10.6. The van der Waals surface area contributed by atoms with Gasteiger partial charge in [-0.15, -0.1) is 0 Å². The van der Waals surface area contributed by atoms with E-state index in [9.17, 15) is 19.4 Å². The number of ether oxygens (including phenoxy) is 2. The molecule has 4 heterocycles. The van der Waals surface area contributed by atoms with E-state index >= 15 is 0 Å². The number of nitrogens with zero attached hydrogens (tertiary/aromatic N) is 4. The number of anilines is 1. The summed E-state index contributed by atoms with van der Waals surface area (Å²) < 4.78 is 29.7. The van der Waals surface area contributed by atoms with Crippen LogP contribution in [0.5, 0.6) is 0 Å². The number of aromatic nitrogens is 4. The van der Waals surface area contributed by atoms with Crippen LogP contribution in [0.2, 0.25) is 0 Å². The molecule has 12 nitrogen and oxygen atoms in total. The lowest BCUT2D eigenvalue weighted by Crippen LogP contribution is -2.44. The molecule has 1 amide bonds. The monoisotopic (exact) mass is 447 g/mol. The molecule has 2 bridgehead atoms. The van der Waals surface area contributed by atoms with E-state index in [0.717, 1.165) is 0 Å². The van der Waals surface area contributed by atoms with Gasteiger partial charge in [0, 0.05) is 5.56 Å². The smallest absolute Gasteiger partial charge is 0.317 e. The second-order valence-corrected chi connectivity index (χ2v) is 7.95. The summed E-state index contributed by atoms with van der Waals surface area (Å²) in [6.07, 6.45) is 0.205. The lowest BCUT2D eigenvalue weighted by atomic mass is 10.0. The normalized spacial score (nSPS) is 28.1. The van der Waals surface area contributed by atoms with Gasteiger partial charge in [-0.2, -0.15) is 0 Å². The fraction of sp³-hybridized carbons (Fsp3) is 0.333. The van der Waals surface area contributed by atoms with E-state index in [-0.39, 0.29) is 18.3 Å². The van der Waals surface area contributed by atoms with E-state index in [1.807, 2.05) is 6.07 Å². The topological polar surface area (TPSA) is 158 Å². The van der Waals surface area contributed by atoms with Gasteiger partial charge in [0.1, 0.15) is 24.1 Å². The van der Waals surface area contributed by atoms with Gasteiger partial charge in [-0.05, 0) is 12.1 Å². The largest absolute Gasteiger partial charge is 0.393 e. The molecule has 31 heavy (non-hydrogen) atoms. The predicted octanol–water partition coefficient (Wildman–Crippen LogP) is 0.505. The minimum Gasteiger partial charge on any atom is -0.393 e. The third kappa shape index (κ3) is 3.33. The summed E-state index contributed by atoms with van der Waals surface area (Å²) in [4.78, 5) is 34.4. The number of imidazole rings is 1. The Balaban J connectivity index is 1.47. The Labute approximate surface area is 175 Å². The van der Waals surface area contributed by atoms with E-state index < -0.39 is 38.9 Å². The SMILES string of the molecule is O=C(Nc1ncnc2c1ncn2[C@@H]1O[C@@]2(CO)CO[C@@H]1[C@@H]2O[PH](=O)O)c1ccccc1. The van der Waals surface area contributed by atoms with Crippen molar-refractivity contribution in [2.45, 2.75) is 24.0 Å². The Hall–Kier alpha value is -2.73. The van der Waals surface area contributed by atoms with Gasteiger partial charge in [0.25, 0.3) is 5.91 Å². The van der Waals surface area contributed by atoms with Crippen molar-refractivity contribution >= 4 is 31.1 Å². The lowest BCUT2D eigenvalue weighted by Gasteiger charge is -2.29. The van der Waals surface area contributed by atoms with E-state index in [2.05, 4.69) is 20.3 Å². The van der Waals surface area contributed by atoms with Crippen molar-refractivity contribution in [3.63, 3.8) is 0 Å². The van der Waals surface area contributed by atoms with Crippen LogP contribution in [0.25, 0.3) is 11.2 Å². The van der Waals surface area contributed by atoms with E-state index in [0.29, 0.717) is 16.7 Å². The molecular weight excluding hydrogens is 429 g/mol. The molecule has 2 aromatic heterocycles. The highest BCUT2D eigenvalue weighted by Crippen LogP contribution is 2.49. The molecule has 1 aromatic carbocycles. The number of aliphatic hydroxyl groups is 1. The minimum atomic E-state index is -3.29. The van der Waals surface area contributed by atoms with Crippen LogP contribution in [0, 0.1) is 0 Å². The molecule has 3 aromatic rings. The van der Waals surface area contributed by atoms with E-state index in [1.165, 1.54) is 12.7 Å². The van der Waals surface area contributed by atoms with Gasteiger partial charge in [-0.25, -0.2) is 15.0 Å². The zero-order chi connectivity index (χ0) is 21.6. The highest BCUT2D eigenvalue weighted by molar-refractivity contribution is 7.32. The zero-order valence-electron chi connectivity index (χ0n) is 15.9. The number of rotatable bonds is 6. The van der Waals surface area contributed by atoms with Crippen LogP contribution in [0.3, 0.4) is 0 Å². The number of hydrogen-bond acceptors (Lipinski definition) is 9. The molecule has 0 spiro atoms. The molecule has 13 heteroatoms. The molecule has 0 saturated carbocycles. The molecule has 0 aliphatic carbocycles. The maximum absolute atomic E-state index is 12.5. The molecule has 2 fully saturated rings. The van der Waals surface area contributed by atoms with Crippen molar-refractivity contribution in [2.75, 3.05) is 18.5 Å². The average Bonchev–Trinajstić information content (AvgIpc) is 3.44. The second kappa shape index (κ2) is 7.75. The minimum absolute atomic E-state index is 0.0183. The van der Waals surface area contributed by atoms with Crippen LogP contribution >= 0.6 is 8.25 Å². The van der Waals surface area contributed by atoms with Crippen LogP contribution in [0.15, 0.2) is 43.0 Å². The molecular formula is C18H18N5O7P. The Morgan fingerprint density at radius 2 is 2.13 bits per heavy atom. The van der Waals surface area contributed by atoms with Crippen molar-refractivity contribution < 1.29 is 33.4 Å². The van der Waals surface area contributed by atoms with Gasteiger partial charge < -0.3 is 29.3 Å². The Morgan fingerprint density at radius 1 is 1.32 bits per heavy atom. The molecule has 162 valence electrons. The third-order valence-corrected chi connectivity index (χ3v) is 5.83. The van der Waals surface area contributed by atoms with E-state index in [4.69, 9.17) is 14.0 Å². The molecule has 2 aliphatic rings. The third-order valence-electron chi connectivity index (χ3n) is 5.37. The second-order valence-electron chi connectivity index (χ2n) is 7.18. The number of amides is 1. The van der Waals surface area contributed by atoms with Gasteiger partial charge in [0.2, 0.25) is 0 Å². The molecule has 5 atom stereocenters. The van der Waals surface area contributed by atoms with Crippen LogP contribution in [-0.4, -0.2) is 66.4 Å². The predicted molar refractivity (Wildman–Crippen MR) is 105 cm³/mol. The number of fused-ring (bicyclic) bond motifs is 3. The Morgan fingerprint density at radius 3 is 2.87 bits per heavy atom. The molecule has 2 saturated heterocycles. The van der Waals surface area contributed by atoms with Gasteiger partial charge in [-0.3, -0.25) is 13.9 Å². The molecule has 2 aliphatic heterocycles. The highest BCUT2D eigenvalue weighted by Gasteiger charge is 2.63. The fourth-order valence-electron chi connectivity index (χ4n) is 3.92. The number of carbonyl (C=O) groups excluding carboxylic acids is 1. The van der Waals surface area contributed by atoms with Crippen molar-refractivity contribution in [3.8, 4) is 0 Å². The maximum atomic E-state index is 12.5. The number of carbonyl (C=O) groups is 1. The quantitative estimate of drug-likeness (QED) is 0.455. The number of benzene rings is 1. The zero-order valence-corrected chi connectivity index (χ0v) is 16.9. The summed E-state index contributed by atoms with van der Waals surface area (Å²) in [6, 6.07) is 8.66. The number of nitrogens with one attached hydrogen (secondary N) is 1. The van der Waals surface area contributed by atoms with Crippen molar-refractivity contribution in [1.29, 1.82) is 0 Å². The summed E-state index contributed by atoms with van der Waals surface area (Å²) in [5.41, 5.74) is -0.137. The Kier molecular flexibility index (Phi) is 5.05. The summed E-state index contributed by atoms with van der Waals surface area (Å²) in [6.45, 7) is -0.440. The summed E-state index contributed by atoms with van der Waals surface area (Å²) >= 11 is 0. The Bertz CT molecular complexity index is 1160. The van der Waals surface area contributed by atoms with E-state index in [1.54, 1.807) is 28.8 Å². The fourth-order valence-corrected chi connectivity index (χ4v) is 4.48. The van der Waals surface area contributed by atoms with Crippen LogP contribution in [0.4, 0.5) is 5.82 Å². The van der Waals surface area contributed by atoms with Gasteiger partial charge in [0.05, 0.1) is 19.5 Å². The van der Waals surface area contributed by atoms with Crippen LogP contribution < -0.4 is 5.32 Å². The first-order valence-electron chi connectivity index (χ1n) is 9.36. The number of aliphatic hydroxyl groups excluding tert-OH is 1. The average molecular weight is 447 g/mol. The summed E-state index contributed by atoms with van der Waals surface area (Å²) in [7, 11) is -3.29. The first-order chi connectivity index (χ1) is 15.0. The maximum Gasteiger partial charge on any atom is 0.317 e. The molecule has 3 N–H and O–H groups in total. The van der Waals surface area contributed by atoms with Crippen molar-refractivity contribution in [2.24, 2.45) is 0 Å². The van der Waals surface area contributed by atoms with Gasteiger partial charge in [-0.1, -0.05) is 18.2 Å². The number of hydrogen-bond donors (Lipinski definition) is 3. The van der Waals surface area contributed by atoms with Gasteiger partial charge >= 0.3 is 8.25 Å². The van der Waals surface area contributed by atoms with Crippen molar-refractivity contribution in [1.82, 2.24) is 19.5 Å². The van der Waals surface area contributed by atoms with Crippen molar-refractivity contribution in [3.05, 3.63) is 48.5 Å². The summed E-state index contributed by atoms with van der Waals surface area (Å²) in [5, 5.41) is 12.6. The molecule has 0 radical (unpaired) electrons. The lowest BCUT2D eigenvalue weighted by molar-refractivity contribution is -0.184. The molecule has 5 rings (SSSR count).